The topological polar surface area (TPSA) is 38.1 Å². The largest absolute Gasteiger partial charge is 0.446 e. The summed E-state index contributed by atoms with van der Waals surface area (Å²) in [5.74, 6) is 0.787. The Morgan fingerprint density at radius 2 is 2.29 bits per heavy atom. The van der Waals surface area contributed by atoms with Gasteiger partial charge in [-0.1, -0.05) is 6.92 Å². The molecule has 0 amide bonds. The van der Waals surface area contributed by atoms with Gasteiger partial charge < -0.3 is 9.73 Å². The molecule has 0 fully saturated rings. The predicted molar refractivity (Wildman–Crippen MR) is 77.2 cm³/mol. The number of rotatable bonds is 5. The summed E-state index contributed by atoms with van der Waals surface area (Å²) in [7, 11) is 0. The Labute approximate surface area is 121 Å². The van der Waals surface area contributed by atoms with Gasteiger partial charge >= 0.3 is 0 Å². The minimum Gasteiger partial charge on any atom is -0.446 e. The average molecular weight is 380 g/mol. The summed E-state index contributed by atoms with van der Waals surface area (Å²) in [6.45, 7) is 3.98. The van der Waals surface area contributed by atoms with Crippen molar-refractivity contribution in [3.05, 3.63) is 26.3 Å². The number of furan rings is 1. The number of halogens is 2. The van der Waals surface area contributed by atoms with Crippen LogP contribution in [0.3, 0.4) is 0 Å². The summed E-state index contributed by atoms with van der Waals surface area (Å²) in [6.07, 6.45) is 1.13. The second kappa shape index (κ2) is 6.13. The maximum atomic E-state index is 5.54. The van der Waals surface area contributed by atoms with E-state index in [1.54, 1.807) is 11.3 Å². The smallest absolute Gasteiger partial charge is 0.184 e. The lowest BCUT2D eigenvalue weighted by atomic mass is 10.4. The zero-order valence-electron chi connectivity index (χ0n) is 9.30. The van der Waals surface area contributed by atoms with Crippen molar-refractivity contribution in [1.82, 2.24) is 10.3 Å². The van der Waals surface area contributed by atoms with Crippen LogP contribution in [0, 0.1) is 0 Å². The van der Waals surface area contributed by atoms with Gasteiger partial charge in [0.25, 0.3) is 0 Å². The Hall–Kier alpha value is -0.170. The lowest BCUT2D eigenvalue weighted by Crippen LogP contribution is -2.13. The van der Waals surface area contributed by atoms with E-state index in [0.717, 1.165) is 40.4 Å². The van der Waals surface area contributed by atoms with Crippen LogP contribution < -0.4 is 5.32 Å². The maximum Gasteiger partial charge on any atom is 0.184 e. The van der Waals surface area contributed by atoms with Gasteiger partial charge in [0.2, 0.25) is 0 Å². The molecule has 92 valence electrons. The lowest BCUT2D eigenvalue weighted by Gasteiger charge is -1.97. The van der Waals surface area contributed by atoms with Crippen LogP contribution in [0.2, 0.25) is 0 Å². The van der Waals surface area contributed by atoms with Gasteiger partial charge in [0.15, 0.2) is 15.4 Å². The summed E-state index contributed by atoms with van der Waals surface area (Å²) >= 11 is 8.31. The summed E-state index contributed by atoms with van der Waals surface area (Å²) in [6, 6.07) is 1.92. The van der Waals surface area contributed by atoms with Crippen LogP contribution >= 0.6 is 43.2 Å². The minimum atomic E-state index is 0.702. The number of thiazole rings is 1. The molecule has 2 rings (SSSR count). The highest BCUT2D eigenvalue weighted by Gasteiger charge is 2.11. The number of nitrogens with one attached hydrogen (secondary N) is 1. The molecule has 0 aliphatic heterocycles. The van der Waals surface area contributed by atoms with Gasteiger partial charge in [-0.15, -0.1) is 11.3 Å². The van der Waals surface area contributed by atoms with Crippen LogP contribution in [0.25, 0.3) is 10.8 Å². The first-order chi connectivity index (χ1) is 8.20. The first-order valence-electron chi connectivity index (χ1n) is 5.31. The Kier molecular flexibility index (Phi) is 4.78. The molecule has 0 aromatic carbocycles. The summed E-state index contributed by atoms with van der Waals surface area (Å²) in [5.41, 5.74) is 1.06. The van der Waals surface area contributed by atoms with Crippen molar-refractivity contribution in [3.8, 4) is 10.8 Å². The second-order valence-corrected chi connectivity index (χ2v) is 5.99. The van der Waals surface area contributed by atoms with Crippen molar-refractivity contribution in [2.45, 2.75) is 19.9 Å². The fourth-order valence-electron chi connectivity index (χ4n) is 1.35. The molecule has 2 aromatic heterocycles. The van der Waals surface area contributed by atoms with E-state index in [4.69, 9.17) is 4.42 Å². The molecule has 0 saturated carbocycles. The zero-order chi connectivity index (χ0) is 12.3. The van der Waals surface area contributed by atoms with E-state index >= 15 is 0 Å². The van der Waals surface area contributed by atoms with Crippen LogP contribution in [0.5, 0.6) is 0 Å². The van der Waals surface area contributed by atoms with Crippen LogP contribution in [-0.2, 0) is 6.54 Å². The maximum absolute atomic E-state index is 5.54. The summed E-state index contributed by atoms with van der Waals surface area (Å²) in [4.78, 5) is 4.53. The Balaban J connectivity index is 2.07. The van der Waals surface area contributed by atoms with Crippen molar-refractivity contribution >= 4 is 43.2 Å². The van der Waals surface area contributed by atoms with Crippen LogP contribution in [0.1, 0.15) is 19.0 Å². The second-order valence-electron chi connectivity index (χ2n) is 3.55. The molecule has 0 bridgehead atoms. The molecule has 0 saturated heterocycles. The van der Waals surface area contributed by atoms with Crippen molar-refractivity contribution in [2.75, 3.05) is 6.54 Å². The number of hydrogen-bond acceptors (Lipinski definition) is 4. The molecule has 3 nitrogen and oxygen atoms in total. The number of aromatic nitrogens is 1. The van der Waals surface area contributed by atoms with Crippen LogP contribution in [-0.4, -0.2) is 11.5 Å². The normalized spacial score (nSPS) is 11.0. The average Bonchev–Trinajstić information content (AvgIpc) is 2.88. The van der Waals surface area contributed by atoms with E-state index < -0.39 is 0 Å². The van der Waals surface area contributed by atoms with Gasteiger partial charge in [-0.2, -0.15) is 0 Å². The number of nitrogens with zero attached hydrogens (tertiary/aromatic N) is 1. The number of hydrogen-bond donors (Lipinski definition) is 1. The van der Waals surface area contributed by atoms with Crippen molar-refractivity contribution in [1.29, 1.82) is 0 Å². The Bertz CT molecular complexity index is 476. The van der Waals surface area contributed by atoms with E-state index in [2.05, 4.69) is 54.5 Å². The molecule has 0 aliphatic rings. The first-order valence-corrected chi connectivity index (χ1v) is 7.77. The third-order valence-electron chi connectivity index (χ3n) is 2.14. The lowest BCUT2D eigenvalue weighted by molar-refractivity contribution is 0.553. The van der Waals surface area contributed by atoms with Crippen molar-refractivity contribution in [2.24, 2.45) is 0 Å². The summed E-state index contributed by atoms with van der Waals surface area (Å²) in [5, 5.41) is 6.29. The minimum absolute atomic E-state index is 0.702. The molecule has 1 N–H and O–H groups in total. The molecular formula is C11H12Br2N2OS. The highest BCUT2D eigenvalue weighted by atomic mass is 79.9. The van der Waals surface area contributed by atoms with Crippen molar-refractivity contribution < 1.29 is 4.42 Å². The molecule has 0 spiro atoms. The van der Waals surface area contributed by atoms with E-state index in [9.17, 15) is 0 Å². The van der Waals surface area contributed by atoms with Gasteiger partial charge in [0, 0.05) is 18.0 Å². The Morgan fingerprint density at radius 3 is 2.94 bits per heavy atom. The molecule has 0 unspecified atom stereocenters. The molecular weight excluding hydrogens is 368 g/mol. The van der Waals surface area contributed by atoms with Crippen molar-refractivity contribution in [3.63, 3.8) is 0 Å². The molecule has 2 heterocycles. The van der Waals surface area contributed by atoms with Gasteiger partial charge in [0.05, 0.1) is 10.2 Å². The first kappa shape index (κ1) is 13.3. The fraction of sp³-hybridized carbons (Fsp3) is 0.364. The van der Waals surface area contributed by atoms with Gasteiger partial charge in [-0.25, -0.2) is 4.98 Å². The third kappa shape index (κ3) is 3.40. The summed E-state index contributed by atoms with van der Waals surface area (Å²) < 4.78 is 7.15. The fourth-order valence-corrected chi connectivity index (χ4v) is 2.69. The van der Waals surface area contributed by atoms with E-state index in [-0.39, 0.29) is 0 Å². The monoisotopic (exact) mass is 378 g/mol. The van der Waals surface area contributed by atoms with E-state index in [1.165, 1.54) is 0 Å². The molecule has 2 aromatic rings. The highest BCUT2D eigenvalue weighted by Crippen LogP contribution is 2.34. The van der Waals surface area contributed by atoms with Crippen LogP contribution in [0.4, 0.5) is 0 Å². The standard InChI is InChI=1S/C11H12Br2N2OS/c1-2-3-14-5-7-6-17-11(15-7)9-4-8(12)10(13)16-9/h4,6,14H,2-3,5H2,1H3. The van der Waals surface area contributed by atoms with Gasteiger partial charge in [-0.05, 0) is 44.8 Å². The molecule has 0 aliphatic carbocycles. The Morgan fingerprint density at radius 1 is 1.47 bits per heavy atom. The zero-order valence-corrected chi connectivity index (χ0v) is 13.3. The van der Waals surface area contributed by atoms with Crippen LogP contribution in [0.15, 0.2) is 25.0 Å². The highest BCUT2D eigenvalue weighted by molar-refractivity contribution is 9.13. The third-order valence-corrected chi connectivity index (χ3v) is 4.76. The quantitative estimate of drug-likeness (QED) is 0.781. The molecule has 17 heavy (non-hydrogen) atoms. The van der Waals surface area contributed by atoms with Gasteiger partial charge in [-0.3, -0.25) is 0 Å². The van der Waals surface area contributed by atoms with Gasteiger partial charge in [0.1, 0.15) is 0 Å². The van der Waals surface area contributed by atoms with E-state index in [0.29, 0.717) is 4.67 Å². The molecule has 6 heteroatoms. The van der Waals surface area contributed by atoms with E-state index in [1.807, 2.05) is 6.07 Å². The SMILES string of the molecule is CCCNCc1csc(-c2cc(Br)c(Br)o2)n1. The molecule has 0 radical (unpaired) electrons. The molecule has 0 atom stereocenters. The predicted octanol–water partition coefficient (Wildman–Crippen LogP) is 4.43.